The lowest BCUT2D eigenvalue weighted by Gasteiger charge is -2.38. The molecule has 2 heterocycles. The van der Waals surface area contributed by atoms with Crippen molar-refractivity contribution in [1.82, 2.24) is 24.8 Å². The Kier molecular flexibility index (Phi) is 3.45. The number of rotatable bonds is 3. The van der Waals surface area contributed by atoms with Crippen molar-refractivity contribution in [3.63, 3.8) is 0 Å². The number of anilines is 1. The van der Waals surface area contributed by atoms with Crippen LogP contribution in [-0.2, 0) is 6.54 Å². The topological polar surface area (TPSA) is 83.7 Å². The molecule has 0 bridgehead atoms. The second kappa shape index (κ2) is 4.77. The third-order valence-electron chi connectivity index (χ3n) is 3.17. The molecule has 0 aromatic carbocycles. The monoisotopic (exact) mass is 262 g/mol. The van der Waals surface area contributed by atoms with Gasteiger partial charge in [0.2, 0.25) is 5.95 Å². The standard InChI is InChI=1S/C13H22N6/c1-8(2)19(13(3,4)5)6-9-10-11(16-7-15-10)18-12(14)17-9/h7-8H,6H2,1-5H3,(H3,14,15,16,17,18). The Balaban J connectivity index is 2.41. The van der Waals surface area contributed by atoms with Crippen molar-refractivity contribution in [2.75, 3.05) is 5.73 Å². The van der Waals surface area contributed by atoms with Gasteiger partial charge < -0.3 is 10.7 Å². The Morgan fingerprint density at radius 3 is 2.58 bits per heavy atom. The van der Waals surface area contributed by atoms with E-state index in [0.29, 0.717) is 18.2 Å². The van der Waals surface area contributed by atoms with Gasteiger partial charge in [0.1, 0.15) is 5.52 Å². The van der Waals surface area contributed by atoms with Crippen molar-refractivity contribution in [3.8, 4) is 0 Å². The summed E-state index contributed by atoms with van der Waals surface area (Å²) in [6.07, 6.45) is 1.62. The van der Waals surface area contributed by atoms with Crippen LogP contribution in [0.1, 0.15) is 40.3 Å². The van der Waals surface area contributed by atoms with Crippen molar-refractivity contribution in [3.05, 3.63) is 12.0 Å². The summed E-state index contributed by atoms with van der Waals surface area (Å²) in [5.74, 6) is 0.282. The molecule has 0 fully saturated rings. The van der Waals surface area contributed by atoms with Gasteiger partial charge in [-0.3, -0.25) is 4.90 Å². The number of nitrogen functional groups attached to an aromatic ring is 1. The van der Waals surface area contributed by atoms with Crippen LogP contribution in [0.4, 0.5) is 5.95 Å². The molecule has 0 spiro atoms. The van der Waals surface area contributed by atoms with Gasteiger partial charge in [-0.2, -0.15) is 4.98 Å². The number of fused-ring (bicyclic) bond motifs is 1. The number of H-pyrrole nitrogens is 1. The van der Waals surface area contributed by atoms with Crippen LogP contribution < -0.4 is 5.73 Å². The fraction of sp³-hybridized carbons (Fsp3) is 0.615. The molecule has 0 saturated carbocycles. The summed E-state index contributed by atoms with van der Waals surface area (Å²) in [4.78, 5) is 18.1. The van der Waals surface area contributed by atoms with E-state index in [2.05, 4.69) is 59.5 Å². The lowest BCUT2D eigenvalue weighted by atomic mass is 10.0. The molecule has 2 aromatic rings. The molecule has 0 aliphatic heterocycles. The Bertz CT molecular complexity index is 566. The molecule has 0 aliphatic rings. The van der Waals surface area contributed by atoms with Gasteiger partial charge in [0, 0.05) is 18.1 Å². The Morgan fingerprint density at radius 2 is 2.00 bits per heavy atom. The number of hydrogen-bond donors (Lipinski definition) is 2. The lowest BCUT2D eigenvalue weighted by molar-refractivity contribution is 0.0891. The summed E-state index contributed by atoms with van der Waals surface area (Å²) in [6.45, 7) is 11.6. The number of nitrogens with one attached hydrogen (secondary N) is 1. The van der Waals surface area contributed by atoms with Crippen LogP contribution >= 0.6 is 0 Å². The molecular weight excluding hydrogens is 240 g/mol. The second-order valence-electron chi connectivity index (χ2n) is 6.02. The van der Waals surface area contributed by atoms with Crippen molar-refractivity contribution in [2.45, 2.75) is 52.7 Å². The summed E-state index contributed by atoms with van der Waals surface area (Å²) in [7, 11) is 0. The number of aromatic amines is 1. The third-order valence-corrected chi connectivity index (χ3v) is 3.17. The summed E-state index contributed by atoms with van der Waals surface area (Å²) >= 11 is 0. The molecule has 0 amide bonds. The fourth-order valence-corrected chi connectivity index (χ4v) is 2.38. The number of hydrogen-bond acceptors (Lipinski definition) is 5. The van der Waals surface area contributed by atoms with E-state index >= 15 is 0 Å². The van der Waals surface area contributed by atoms with E-state index in [-0.39, 0.29) is 11.5 Å². The first-order valence-corrected chi connectivity index (χ1v) is 6.51. The molecular formula is C13H22N6. The first-order chi connectivity index (χ1) is 8.79. The second-order valence-corrected chi connectivity index (χ2v) is 6.02. The number of aromatic nitrogens is 4. The van der Waals surface area contributed by atoms with Gasteiger partial charge in [0.05, 0.1) is 12.0 Å². The molecule has 6 heteroatoms. The molecule has 0 radical (unpaired) electrons. The van der Waals surface area contributed by atoms with E-state index in [0.717, 1.165) is 11.2 Å². The Morgan fingerprint density at radius 1 is 1.32 bits per heavy atom. The number of imidazole rings is 1. The van der Waals surface area contributed by atoms with Gasteiger partial charge in [-0.1, -0.05) is 0 Å². The highest BCUT2D eigenvalue weighted by molar-refractivity contribution is 5.73. The molecule has 104 valence electrons. The van der Waals surface area contributed by atoms with E-state index in [1.165, 1.54) is 0 Å². The molecule has 2 rings (SSSR count). The van der Waals surface area contributed by atoms with E-state index < -0.39 is 0 Å². The molecule has 0 atom stereocenters. The predicted molar refractivity (Wildman–Crippen MR) is 76.5 cm³/mol. The molecule has 0 unspecified atom stereocenters. The minimum absolute atomic E-state index is 0.0521. The zero-order valence-corrected chi connectivity index (χ0v) is 12.2. The van der Waals surface area contributed by atoms with E-state index in [1.807, 2.05) is 0 Å². The lowest BCUT2D eigenvalue weighted by Crippen LogP contribution is -2.45. The highest BCUT2D eigenvalue weighted by atomic mass is 15.2. The maximum absolute atomic E-state index is 5.76. The minimum atomic E-state index is 0.0521. The molecule has 2 aromatic heterocycles. The maximum atomic E-state index is 5.76. The third kappa shape index (κ3) is 2.84. The maximum Gasteiger partial charge on any atom is 0.222 e. The number of nitrogens with two attached hydrogens (primary N) is 1. The zero-order chi connectivity index (χ0) is 14.2. The van der Waals surface area contributed by atoms with Crippen LogP contribution in [0.25, 0.3) is 11.2 Å². The quantitative estimate of drug-likeness (QED) is 0.883. The average Bonchev–Trinajstić information content (AvgIpc) is 2.70. The summed E-state index contributed by atoms with van der Waals surface area (Å²) < 4.78 is 0. The van der Waals surface area contributed by atoms with Crippen molar-refractivity contribution in [1.29, 1.82) is 0 Å². The molecule has 0 aliphatic carbocycles. The van der Waals surface area contributed by atoms with Crippen molar-refractivity contribution in [2.24, 2.45) is 0 Å². The number of nitrogens with zero attached hydrogens (tertiary/aromatic N) is 4. The summed E-state index contributed by atoms with van der Waals surface area (Å²) in [5.41, 5.74) is 8.17. The molecule has 0 saturated heterocycles. The van der Waals surface area contributed by atoms with Crippen molar-refractivity contribution >= 4 is 17.1 Å². The minimum Gasteiger partial charge on any atom is -0.368 e. The Labute approximate surface area is 113 Å². The highest BCUT2D eigenvalue weighted by Gasteiger charge is 2.25. The van der Waals surface area contributed by atoms with Crippen LogP contribution in [0.15, 0.2) is 6.33 Å². The van der Waals surface area contributed by atoms with Crippen LogP contribution in [0.5, 0.6) is 0 Å². The van der Waals surface area contributed by atoms with Crippen LogP contribution in [0.3, 0.4) is 0 Å². The van der Waals surface area contributed by atoms with Gasteiger partial charge in [0.15, 0.2) is 5.65 Å². The van der Waals surface area contributed by atoms with Crippen molar-refractivity contribution < 1.29 is 0 Å². The van der Waals surface area contributed by atoms with E-state index in [1.54, 1.807) is 6.33 Å². The predicted octanol–water partition coefficient (Wildman–Crippen LogP) is 1.94. The van der Waals surface area contributed by atoms with Crippen LogP contribution in [0, 0.1) is 0 Å². The van der Waals surface area contributed by atoms with Gasteiger partial charge in [-0.05, 0) is 34.6 Å². The smallest absolute Gasteiger partial charge is 0.222 e. The zero-order valence-electron chi connectivity index (χ0n) is 12.2. The van der Waals surface area contributed by atoms with Gasteiger partial charge in [-0.15, -0.1) is 0 Å². The van der Waals surface area contributed by atoms with Crippen LogP contribution in [-0.4, -0.2) is 36.4 Å². The van der Waals surface area contributed by atoms with E-state index in [4.69, 9.17) is 5.73 Å². The Hall–Kier alpha value is -1.69. The largest absolute Gasteiger partial charge is 0.368 e. The SMILES string of the molecule is CC(C)N(Cc1nc(N)nc2[nH]cnc12)C(C)(C)C. The summed E-state index contributed by atoms with van der Waals surface area (Å²) in [6, 6.07) is 0.408. The van der Waals surface area contributed by atoms with Gasteiger partial charge in [-0.25, -0.2) is 9.97 Å². The molecule has 6 nitrogen and oxygen atoms in total. The van der Waals surface area contributed by atoms with E-state index in [9.17, 15) is 0 Å². The van der Waals surface area contributed by atoms with Gasteiger partial charge >= 0.3 is 0 Å². The fourth-order valence-electron chi connectivity index (χ4n) is 2.38. The summed E-state index contributed by atoms with van der Waals surface area (Å²) in [5, 5.41) is 0. The van der Waals surface area contributed by atoms with Crippen LogP contribution in [0.2, 0.25) is 0 Å². The average molecular weight is 262 g/mol. The first-order valence-electron chi connectivity index (χ1n) is 6.51. The van der Waals surface area contributed by atoms with Gasteiger partial charge in [0.25, 0.3) is 0 Å². The first kappa shape index (κ1) is 13.7. The molecule has 3 N–H and O–H groups in total. The molecule has 19 heavy (non-hydrogen) atoms. The normalized spacial score (nSPS) is 12.8. The highest BCUT2D eigenvalue weighted by Crippen LogP contribution is 2.22.